The van der Waals surface area contributed by atoms with E-state index in [4.69, 9.17) is 5.73 Å². The molecule has 0 aliphatic carbocycles. The number of benzene rings is 2. The summed E-state index contributed by atoms with van der Waals surface area (Å²) >= 11 is 0. The van der Waals surface area contributed by atoms with Gasteiger partial charge in [0.15, 0.2) is 0 Å². The number of piperazine rings is 1. The van der Waals surface area contributed by atoms with Crippen molar-refractivity contribution in [2.24, 2.45) is 5.73 Å². The molecular weight excluding hydrogens is 440 g/mol. The monoisotopic (exact) mass is 468 g/mol. The van der Waals surface area contributed by atoms with E-state index >= 15 is 0 Å². The SMILES string of the molecule is NC(=O)C1c2ccccc2CCN1CC(=O)N1CCN(S(=O)(=O)/C=C/c2ccccc2)CC1. The fourth-order valence-corrected chi connectivity index (χ4v) is 5.58. The molecule has 0 aromatic heterocycles. The molecule has 2 aliphatic rings. The van der Waals surface area contributed by atoms with Gasteiger partial charge >= 0.3 is 0 Å². The third-order valence-corrected chi connectivity index (χ3v) is 7.74. The number of carbonyl (C=O) groups is 2. The van der Waals surface area contributed by atoms with Crippen molar-refractivity contribution in [3.63, 3.8) is 0 Å². The highest BCUT2D eigenvalue weighted by molar-refractivity contribution is 7.92. The normalized spacial score (nSPS) is 20.0. The maximum Gasteiger partial charge on any atom is 0.239 e. The summed E-state index contributed by atoms with van der Waals surface area (Å²) in [5, 5.41) is 1.21. The minimum Gasteiger partial charge on any atom is -0.368 e. The molecule has 8 nitrogen and oxygen atoms in total. The summed E-state index contributed by atoms with van der Waals surface area (Å²) in [6, 6.07) is 16.3. The van der Waals surface area contributed by atoms with Crippen LogP contribution in [0.25, 0.3) is 6.08 Å². The summed E-state index contributed by atoms with van der Waals surface area (Å²) in [6.07, 6.45) is 2.32. The average Bonchev–Trinajstić information content (AvgIpc) is 2.83. The molecule has 2 N–H and O–H groups in total. The first kappa shape index (κ1) is 23.2. The second-order valence-electron chi connectivity index (χ2n) is 8.26. The number of primary amides is 1. The lowest BCUT2D eigenvalue weighted by Crippen LogP contribution is -2.53. The van der Waals surface area contributed by atoms with Crippen LogP contribution < -0.4 is 5.73 Å². The van der Waals surface area contributed by atoms with Gasteiger partial charge in [-0.3, -0.25) is 14.5 Å². The zero-order valence-electron chi connectivity index (χ0n) is 18.3. The van der Waals surface area contributed by atoms with Gasteiger partial charge in [0.2, 0.25) is 21.8 Å². The standard InChI is InChI=1S/C24H28N4O4S/c25-24(30)23-21-9-5-4-8-20(21)10-12-27(23)18-22(29)26-13-15-28(16-14-26)33(31,32)17-11-19-6-2-1-3-7-19/h1-9,11,17,23H,10,12-16,18H2,(H2,25,30)/b17-11+. The Morgan fingerprint density at radius 3 is 2.30 bits per heavy atom. The van der Waals surface area contributed by atoms with E-state index in [1.165, 1.54) is 9.71 Å². The van der Waals surface area contributed by atoms with Gasteiger partial charge in [0, 0.05) is 38.1 Å². The van der Waals surface area contributed by atoms with Crippen LogP contribution >= 0.6 is 0 Å². The predicted molar refractivity (Wildman–Crippen MR) is 126 cm³/mol. The van der Waals surface area contributed by atoms with Gasteiger partial charge in [-0.15, -0.1) is 0 Å². The number of hydrogen-bond donors (Lipinski definition) is 1. The maximum absolute atomic E-state index is 13.0. The number of nitrogens with two attached hydrogens (primary N) is 1. The molecule has 2 heterocycles. The Kier molecular flexibility index (Phi) is 6.92. The largest absolute Gasteiger partial charge is 0.368 e. The highest BCUT2D eigenvalue weighted by atomic mass is 32.2. The summed E-state index contributed by atoms with van der Waals surface area (Å²) in [4.78, 5) is 28.6. The fourth-order valence-electron chi connectivity index (χ4n) is 4.40. The van der Waals surface area contributed by atoms with Crippen LogP contribution in [0.15, 0.2) is 60.0 Å². The number of amides is 2. The Morgan fingerprint density at radius 2 is 1.61 bits per heavy atom. The quantitative estimate of drug-likeness (QED) is 0.687. The van der Waals surface area contributed by atoms with Crippen LogP contribution in [0, 0.1) is 0 Å². The summed E-state index contributed by atoms with van der Waals surface area (Å²) in [5.74, 6) is -0.603. The lowest BCUT2D eigenvalue weighted by molar-refractivity contribution is -0.135. The van der Waals surface area contributed by atoms with Gasteiger partial charge in [0.25, 0.3) is 0 Å². The van der Waals surface area contributed by atoms with E-state index < -0.39 is 22.0 Å². The molecule has 1 fully saturated rings. The highest BCUT2D eigenvalue weighted by Crippen LogP contribution is 2.29. The van der Waals surface area contributed by atoms with E-state index in [1.807, 2.05) is 59.5 Å². The van der Waals surface area contributed by atoms with Crippen LogP contribution in [-0.4, -0.2) is 73.6 Å². The Hall–Kier alpha value is -3.01. The van der Waals surface area contributed by atoms with Crippen LogP contribution in [-0.2, 0) is 26.0 Å². The summed E-state index contributed by atoms with van der Waals surface area (Å²) in [7, 11) is -3.57. The third kappa shape index (κ3) is 5.32. The minimum atomic E-state index is -3.57. The smallest absolute Gasteiger partial charge is 0.239 e. The first-order valence-electron chi connectivity index (χ1n) is 11.0. The van der Waals surface area contributed by atoms with Gasteiger partial charge < -0.3 is 10.6 Å². The molecule has 0 spiro atoms. The first-order chi connectivity index (χ1) is 15.8. The van der Waals surface area contributed by atoms with E-state index in [9.17, 15) is 18.0 Å². The van der Waals surface area contributed by atoms with Gasteiger partial charge in [0.1, 0.15) is 6.04 Å². The maximum atomic E-state index is 13.0. The number of nitrogens with zero attached hydrogens (tertiary/aromatic N) is 3. The van der Waals surface area contributed by atoms with Crippen LogP contribution in [0.2, 0.25) is 0 Å². The number of carbonyl (C=O) groups excluding carboxylic acids is 2. The first-order valence-corrected chi connectivity index (χ1v) is 12.5. The molecule has 4 rings (SSSR count). The second kappa shape index (κ2) is 9.86. The average molecular weight is 469 g/mol. The van der Waals surface area contributed by atoms with Crippen LogP contribution in [0.1, 0.15) is 22.7 Å². The molecule has 2 aromatic carbocycles. The molecule has 0 radical (unpaired) electrons. The van der Waals surface area contributed by atoms with E-state index in [0.29, 0.717) is 19.6 Å². The van der Waals surface area contributed by atoms with Gasteiger partial charge in [-0.05, 0) is 29.2 Å². The van der Waals surface area contributed by atoms with E-state index in [0.717, 1.165) is 23.1 Å². The van der Waals surface area contributed by atoms with E-state index in [-0.39, 0.29) is 25.5 Å². The molecule has 0 bridgehead atoms. The number of fused-ring (bicyclic) bond motifs is 1. The predicted octanol–water partition coefficient (Wildman–Crippen LogP) is 1.22. The molecule has 2 aliphatic heterocycles. The van der Waals surface area contributed by atoms with Crippen molar-refractivity contribution in [1.82, 2.24) is 14.1 Å². The molecule has 1 atom stereocenters. The van der Waals surface area contributed by atoms with Crippen molar-refractivity contribution in [1.29, 1.82) is 0 Å². The van der Waals surface area contributed by atoms with Crippen molar-refractivity contribution in [3.8, 4) is 0 Å². The molecule has 174 valence electrons. The Balaban J connectivity index is 1.36. The van der Waals surface area contributed by atoms with E-state index in [2.05, 4.69) is 0 Å². The summed E-state index contributed by atoms with van der Waals surface area (Å²) in [6.45, 7) is 1.72. The molecule has 2 aromatic rings. The van der Waals surface area contributed by atoms with Gasteiger partial charge in [-0.1, -0.05) is 54.6 Å². The fraction of sp³-hybridized carbons (Fsp3) is 0.333. The molecule has 9 heteroatoms. The lowest BCUT2D eigenvalue weighted by Gasteiger charge is -2.38. The second-order valence-corrected chi connectivity index (χ2v) is 10.1. The van der Waals surface area contributed by atoms with Crippen molar-refractivity contribution in [2.75, 3.05) is 39.3 Å². The van der Waals surface area contributed by atoms with E-state index in [1.54, 1.807) is 11.0 Å². The van der Waals surface area contributed by atoms with Gasteiger partial charge in [-0.25, -0.2) is 8.42 Å². The number of sulfonamides is 1. The van der Waals surface area contributed by atoms with Crippen molar-refractivity contribution >= 4 is 27.9 Å². The minimum absolute atomic E-state index is 0.0720. The highest BCUT2D eigenvalue weighted by Gasteiger charge is 2.34. The van der Waals surface area contributed by atoms with Crippen LogP contribution in [0.3, 0.4) is 0 Å². The van der Waals surface area contributed by atoms with Crippen LogP contribution in [0.5, 0.6) is 0 Å². The molecule has 1 saturated heterocycles. The summed E-state index contributed by atoms with van der Waals surface area (Å²) in [5.41, 5.74) is 8.41. The zero-order valence-corrected chi connectivity index (χ0v) is 19.2. The van der Waals surface area contributed by atoms with Crippen molar-refractivity contribution in [3.05, 3.63) is 76.7 Å². The molecule has 0 saturated carbocycles. The lowest BCUT2D eigenvalue weighted by atomic mass is 9.92. The Bertz CT molecular complexity index is 1140. The Morgan fingerprint density at radius 1 is 0.939 bits per heavy atom. The van der Waals surface area contributed by atoms with Gasteiger partial charge in [-0.2, -0.15) is 4.31 Å². The van der Waals surface area contributed by atoms with Gasteiger partial charge in [0.05, 0.1) is 6.54 Å². The summed E-state index contributed by atoms with van der Waals surface area (Å²) < 4.78 is 26.7. The van der Waals surface area contributed by atoms with Crippen LogP contribution in [0.4, 0.5) is 0 Å². The third-order valence-electron chi connectivity index (χ3n) is 6.17. The molecule has 33 heavy (non-hydrogen) atoms. The Labute approximate surface area is 194 Å². The van der Waals surface area contributed by atoms with Crippen molar-refractivity contribution < 1.29 is 18.0 Å². The molecule has 1 unspecified atom stereocenters. The zero-order chi connectivity index (χ0) is 23.4. The topological polar surface area (TPSA) is 104 Å². The number of hydrogen-bond acceptors (Lipinski definition) is 5. The molecule has 2 amide bonds. The number of rotatable bonds is 6. The molecular formula is C24H28N4O4S. The van der Waals surface area contributed by atoms with Crippen molar-refractivity contribution in [2.45, 2.75) is 12.5 Å².